The van der Waals surface area contributed by atoms with Crippen LogP contribution in [0.3, 0.4) is 0 Å². The molecule has 1 saturated carbocycles. The number of urea groups is 1. The zero-order valence-corrected chi connectivity index (χ0v) is 9.06. The van der Waals surface area contributed by atoms with Crippen LogP contribution >= 0.6 is 0 Å². The Balaban J connectivity index is 2.01. The van der Waals surface area contributed by atoms with Gasteiger partial charge in [0.2, 0.25) is 0 Å². The fourth-order valence-electron chi connectivity index (χ4n) is 1.43. The highest BCUT2D eigenvalue weighted by Gasteiger charge is 2.30. The molecule has 0 atom stereocenters. The van der Waals surface area contributed by atoms with E-state index >= 15 is 0 Å². The molecule has 0 radical (unpaired) electrons. The summed E-state index contributed by atoms with van der Waals surface area (Å²) >= 11 is 0. The second-order valence-corrected chi connectivity index (χ2v) is 3.50. The number of carboxylic acids is 1. The monoisotopic (exact) mass is 232 g/mol. The summed E-state index contributed by atoms with van der Waals surface area (Å²) in [5, 5.41) is 10.9. The maximum Gasteiger partial charge on any atom is 0.338 e. The van der Waals surface area contributed by atoms with Crippen LogP contribution in [-0.4, -0.2) is 42.5 Å². The highest BCUT2D eigenvalue weighted by atomic mass is 16.7. The van der Waals surface area contributed by atoms with Crippen molar-refractivity contribution in [3.05, 3.63) is 0 Å². The van der Waals surface area contributed by atoms with Gasteiger partial charge in [0, 0.05) is 12.6 Å². The lowest BCUT2D eigenvalue weighted by atomic mass is 9.89. The highest BCUT2D eigenvalue weighted by Crippen LogP contribution is 2.22. The van der Waals surface area contributed by atoms with Crippen LogP contribution in [-0.2, 0) is 14.4 Å². The Morgan fingerprint density at radius 2 is 2.12 bits per heavy atom. The van der Waals surface area contributed by atoms with E-state index in [0.29, 0.717) is 6.61 Å². The van der Waals surface area contributed by atoms with E-state index in [1.165, 1.54) is 0 Å². The molecule has 0 bridgehead atoms. The van der Waals surface area contributed by atoms with Gasteiger partial charge in [-0.3, -0.25) is 4.84 Å². The summed E-state index contributed by atoms with van der Waals surface area (Å²) in [6.45, 7) is 2.04. The zero-order chi connectivity index (χ0) is 12.0. The van der Waals surface area contributed by atoms with Crippen molar-refractivity contribution in [1.29, 1.82) is 0 Å². The van der Waals surface area contributed by atoms with Gasteiger partial charge in [0.15, 0.2) is 6.61 Å². The minimum Gasteiger partial charge on any atom is -0.479 e. The molecular formula is C9H16N2O5. The molecule has 7 heteroatoms. The van der Waals surface area contributed by atoms with Gasteiger partial charge in [-0.15, -0.1) is 0 Å². The van der Waals surface area contributed by atoms with Crippen LogP contribution < -0.4 is 10.8 Å². The lowest BCUT2D eigenvalue weighted by molar-refractivity contribution is -0.144. The van der Waals surface area contributed by atoms with Crippen molar-refractivity contribution in [2.45, 2.75) is 31.9 Å². The minimum atomic E-state index is -1.14. The van der Waals surface area contributed by atoms with Gasteiger partial charge >= 0.3 is 12.0 Å². The molecule has 1 aliphatic rings. The van der Waals surface area contributed by atoms with Gasteiger partial charge in [0.25, 0.3) is 0 Å². The summed E-state index contributed by atoms with van der Waals surface area (Å²) in [5.41, 5.74) is 1.99. The Morgan fingerprint density at radius 3 is 2.69 bits per heavy atom. The number of nitrogens with one attached hydrogen (secondary N) is 2. The molecular weight excluding hydrogens is 216 g/mol. The van der Waals surface area contributed by atoms with Gasteiger partial charge in [-0.1, -0.05) is 0 Å². The van der Waals surface area contributed by atoms with E-state index in [1.807, 2.05) is 12.4 Å². The number of aliphatic carboxylic acids is 1. The third-order valence-electron chi connectivity index (χ3n) is 2.19. The molecule has 0 aromatic rings. The van der Waals surface area contributed by atoms with Crippen molar-refractivity contribution in [2.75, 3.05) is 13.2 Å². The number of carbonyl (C=O) groups is 2. The van der Waals surface area contributed by atoms with Crippen LogP contribution in [0.15, 0.2) is 0 Å². The fraction of sp³-hybridized carbons (Fsp3) is 0.778. The molecule has 0 spiro atoms. The maximum absolute atomic E-state index is 11.1. The minimum absolute atomic E-state index is 0.0741. The Hall–Kier alpha value is -1.34. The lowest BCUT2D eigenvalue weighted by Crippen LogP contribution is -2.51. The molecule has 16 heavy (non-hydrogen) atoms. The molecule has 2 amide bonds. The van der Waals surface area contributed by atoms with Gasteiger partial charge in [0.1, 0.15) is 0 Å². The number of rotatable bonds is 6. The summed E-state index contributed by atoms with van der Waals surface area (Å²) in [5.74, 6) is -1.14. The Morgan fingerprint density at radius 1 is 1.44 bits per heavy atom. The predicted octanol–water partition coefficient (Wildman–Crippen LogP) is -0.131. The summed E-state index contributed by atoms with van der Waals surface area (Å²) in [6.07, 6.45) is 1.77. The van der Waals surface area contributed by atoms with Crippen molar-refractivity contribution < 1.29 is 24.3 Å². The first-order valence-corrected chi connectivity index (χ1v) is 5.13. The number of hydroxylamine groups is 1. The summed E-state index contributed by atoms with van der Waals surface area (Å²) in [7, 11) is 0. The molecule has 0 unspecified atom stereocenters. The maximum atomic E-state index is 11.1. The Bertz CT molecular complexity index is 252. The number of carbonyl (C=O) groups excluding carboxylic acids is 1. The SMILES string of the molecule is CCOC1CC(NC(=O)NOCC(=O)O)C1. The fourth-order valence-corrected chi connectivity index (χ4v) is 1.43. The first kappa shape index (κ1) is 12.7. The third-order valence-corrected chi connectivity index (χ3v) is 2.19. The molecule has 92 valence electrons. The molecule has 3 N–H and O–H groups in total. The number of hydrogen-bond acceptors (Lipinski definition) is 4. The van der Waals surface area contributed by atoms with Crippen LogP contribution in [0.5, 0.6) is 0 Å². The van der Waals surface area contributed by atoms with Crippen molar-refractivity contribution in [3.63, 3.8) is 0 Å². The summed E-state index contributed by atoms with van der Waals surface area (Å²) in [6, 6.07) is -0.453. The van der Waals surface area contributed by atoms with Gasteiger partial charge in [0.05, 0.1) is 6.10 Å². The Kier molecular flexibility index (Phi) is 5.00. The normalized spacial score (nSPS) is 23.3. The van der Waals surface area contributed by atoms with E-state index in [1.54, 1.807) is 0 Å². The number of carboxylic acid groups (broad SMARTS) is 1. The highest BCUT2D eigenvalue weighted by molar-refractivity contribution is 5.73. The van der Waals surface area contributed by atoms with Crippen LogP contribution in [0.4, 0.5) is 4.79 Å². The molecule has 0 aromatic carbocycles. The first-order chi connectivity index (χ1) is 7.61. The van der Waals surface area contributed by atoms with Crippen molar-refractivity contribution in [3.8, 4) is 0 Å². The average molecular weight is 232 g/mol. The smallest absolute Gasteiger partial charge is 0.338 e. The molecule has 0 heterocycles. The van der Waals surface area contributed by atoms with E-state index in [4.69, 9.17) is 9.84 Å². The molecule has 1 aliphatic carbocycles. The summed E-state index contributed by atoms with van der Waals surface area (Å²) < 4.78 is 5.32. The van der Waals surface area contributed by atoms with Gasteiger partial charge < -0.3 is 15.2 Å². The zero-order valence-electron chi connectivity index (χ0n) is 9.06. The van der Waals surface area contributed by atoms with E-state index in [-0.39, 0.29) is 12.1 Å². The van der Waals surface area contributed by atoms with E-state index in [2.05, 4.69) is 10.2 Å². The molecule has 0 aliphatic heterocycles. The first-order valence-electron chi connectivity index (χ1n) is 5.13. The summed E-state index contributed by atoms with van der Waals surface area (Å²) in [4.78, 5) is 25.6. The molecule has 7 nitrogen and oxygen atoms in total. The predicted molar refractivity (Wildman–Crippen MR) is 53.7 cm³/mol. The molecule has 0 aromatic heterocycles. The van der Waals surface area contributed by atoms with E-state index < -0.39 is 18.6 Å². The molecule has 0 saturated heterocycles. The second-order valence-electron chi connectivity index (χ2n) is 3.50. The van der Waals surface area contributed by atoms with Gasteiger partial charge in [-0.05, 0) is 19.8 Å². The number of hydrogen-bond donors (Lipinski definition) is 3. The quantitative estimate of drug-likeness (QED) is 0.554. The molecule has 1 rings (SSSR count). The standard InChI is InChI=1S/C9H16N2O5/c1-2-15-7-3-6(4-7)10-9(14)11-16-5-8(12)13/h6-7H,2-5H2,1H3,(H,12,13)(H2,10,11,14). The van der Waals surface area contributed by atoms with Crippen LogP contribution in [0, 0.1) is 0 Å². The van der Waals surface area contributed by atoms with E-state index in [9.17, 15) is 9.59 Å². The number of ether oxygens (including phenoxy) is 1. The second kappa shape index (κ2) is 6.29. The third kappa shape index (κ3) is 4.45. The topological polar surface area (TPSA) is 96.9 Å². The average Bonchev–Trinajstić information content (AvgIpc) is 2.14. The van der Waals surface area contributed by atoms with E-state index in [0.717, 1.165) is 12.8 Å². The molecule has 1 fully saturated rings. The van der Waals surface area contributed by atoms with Crippen molar-refractivity contribution >= 4 is 12.0 Å². The van der Waals surface area contributed by atoms with Gasteiger partial charge in [-0.25, -0.2) is 15.1 Å². The lowest BCUT2D eigenvalue weighted by Gasteiger charge is -2.35. The van der Waals surface area contributed by atoms with Crippen LogP contribution in [0.1, 0.15) is 19.8 Å². The van der Waals surface area contributed by atoms with Crippen molar-refractivity contribution in [2.24, 2.45) is 0 Å². The Labute approximate surface area is 93.1 Å². The van der Waals surface area contributed by atoms with Crippen LogP contribution in [0.2, 0.25) is 0 Å². The van der Waals surface area contributed by atoms with Gasteiger partial charge in [-0.2, -0.15) is 0 Å². The van der Waals surface area contributed by atoms with Crippen LogP contribution in [0.25, 0.3) is 0 Å². The largest absolute Gasteiger partial charge is 0.479 e. The van der Waals surface area contributed by atoms with Crippen molar-refractivity contribution in [1.82, 2.24) is 10.8 Å². The number of amides is 2.